The molecule has 0 fully saturated rings. The van der Waals surface area contributed by atoms with E-state index >= 15 is 0 Å². The largest absolute Gasteiger partial charge is 0.492 e. The zero-order valence-electron chi connectivity index (χ0n) is 20.3. The Morgan fingerprint density at radius 3 is 2.43 bits per heavy atom. The smallest absolute Gasteiger partial charge is 0.267 e. The molecule has 0 saturated heterocycles. The summed E-state index contributed by atoms with van der Waals surface area (Å²) in [5.74, 6) is 0.404. The van der Waals surface area contributed by atoms with Crippen molar-refractivity contribution in [2.24, 2.45) is 0 Å². The Morgan fingerprint density at radius 1 is 1.06 bits per heavy atom. The Morgan fingerprint density at radius 2 is 1.74 bits per heavy atom. The number of carbonyl (C=O) groups excluding carboxylic acids is 1. The van der Waals surface area contributed by atoms with E-state index in [1.165, 1.54) is 4.31 Å². The predicted molar refractivity (Wildman–Crippen MR) is 137 cm³/mol. The highest BCUT2D eigenvalue weighted by atomic mass is 32.2. The maximum absolute atomic E-state index is 13.7. The monoisotopic (exact) mass is 494 g/mol. The van der Waals surface area contributed by atoms with Crippen LogP contribution >= 0.6 is 0 Å². The number of nitrogens with zero attached hydrogens (tertiary/aromatic N) is 1. The molecule has 0 aromatic heterocycles. The summed E-state index contributed by atoms with van der Waals surface area (Å²) in [5.41, 5.74) is 1.67. The van der Waals surface area contributed by atoms with Gasteiger partial charge in [0.1, 0.15) is 11.5 Å². The van der Waals surface area contributed by atoms with Gasteiger partial charge in [-0.15, -0.1) is 0 Å². The topological polar surface area (TPSA) is 84.9 Å². The summed E-state index contributed by atoms with van der Waals surface area (Å²) in [6.07, 6.45) is -1.06. The minimum absolute atomic E-state index is 0.148. The minimum Gasteiger partial charge on any atom is -0.492 e. The third kappa shape index (κ3) is 5.12. The molecule has 4 rings (SSSR count). The van der Waals surface area contributed by atoms with Crippen LogP contribution in [0.5, 0.6) is 11.5 Å². The van der Waals surface area contributed by atoms with Crippen LogP contribution in [-0.4, -0.2) is 33.6 Å². The SMILES string of the molecule is CCOc1ccccc1NC(=O)C1CN(S(=O)(=O)c2ccccc2)c2cc(C(C)(C)C)ccc2O1. The molecule has 0 saturated carbocycles. The van der Waals surface area contributed by atoms with Gasteiger partial charge in [-0.05, 0) is 54.3 Å². The lowest BCUT2D eigenvalue weighted by molar-refractivity contribution is -0.122. The molecule has 0 spiro atoms. The molecule has 0 aliphatic carbocycles. The lowest BCUT2D eigenvalue weighted by Crippen LogP contribution is -2.49. The molecule has 3 aromatic rings. The summed E-state index contributed by atoms with van der Waals surface area (Å²) in [6, 6.07) is 20.8. The fourth-order valence-corrected chi connectivity index (χ4v) is 5.35. The van der Waals surface area contributed by atoms with E-state index in [0.29, 0.717) is 29.5 Å². The van der Waals surface area contributed by atoms with Gasteiger partial charge in [0.05, 0.1) is 29.4 Å². The van der Waals surface area contributed by atoms with Crippen molar-refractivity contribution < 1.29 is 22.7 Å². The van der Waals surface area contributed by atoms with E-state index < -0.39 is 22.0 Å². The van der Waals surface area contributed by atoms with Crippen LogP contribution in [0.25, 0.3) is 0 Å². The second kappa shape index (κ2) is 9.62. The number of hydrogen-bond donors (Lipinski definition) is 1. The van der Waals surface area contributed by atoms with Crippen molar-refractivity contribution in [2.75, 3.05) is 22.8 Å². The summed E-state index contributed by atoms with van der Waals surface area (Å²) in [4.78, 5) is 13.4. The zero-order chi connectivity index (χ0) is 25.2. The van der Waals surface area contributed by atoms with Crippen LogP contribution in [0.4, 0.5) is 11.4 Å². The number of carbonyl (C=O) groups is 1. The highest BCUT2D eigenvalue weighted by Gasteiger charge is 2.38. The Kier molecular flexibility index (Phi) is 6.76. The summed E-state index contributed by atoms with van der Waals surface area (Å²) in [7, 11) is -3.95. The first kappa shape index (κ1) is 24.6. The van der Waals surface area contributed by atoms with Crippen LogP contribution in [0.1, 0.15) is 33.3 Å². The fraction of sp³-hybridized carbons (Fsp3) is 0.296. The Bertz CT molecular complexity index is 1320. The van der Waals surface area contributed by atoms with E-state index in [4.69, 9.17) is 9.47 Å². The number of hydrogen-bond acceptors (Lipinski definition) is 5. The Labute approximate surface area is 206 Å². The molecule has 1 aliphatic heterocycles. The average molecular weight is 495 g/mol. The van der Waals surface area contributed by atoms with Crippen molar-refractivity contribution >= 4 is 27.3 Å². The van der Waals surface area contributed by atoms with Gasteiger partial charge in [-0.3, -0.25) is 9.10 Å². The van der Waals surface area contributed by atoms with Crippen molar-refractivity contribution in [2.45, 2.75) is 44.1 Å². The molecular weight excluding hydrogens is 464 g/mol. The molecule has 1 N–H and O–H groups in total. The second-order valence-electron chi connectivity index (χ2n) is 9.31. The summed E-state index contributed by atoms with van der Waals surface area (Å²) in [6.45, 7) is 8.30. The van der Waals surface area contributed by atoms with Gasteiger partial charge in [-0.1, -0.05) is 57.2 Å². The standard InChI is InChI=1S/C27H30N2O5S/c1-5-33-23-14-10-9-13-21(23)28-26(30)25-18-29(35(31,32)20-11-7-6-8-12-20)22-17-19(27(2,3)4)15-16-24(22)34-25/h6-17,25H,5,18H2,1-4H3,(H,28,30). The maximum atomic E-state index is 13.7. The number of para-hydroxylation sites is 2. The average Bonchev–Trinajstić information content (AvgIpc) is 2.84. The third-order valence-corrected chi connectivity index (χ3v) is 7.56. The van der Waals surface area contributed by atoms with E-state index in [9.17, 15) is 13.2 Å². The Hall–Kier alpha value is -3.52. The van der Waals surface area contributed by atoms with Gasteiger partial charge in [-0.25, -0.2) is 8.42 Å². The van der Waals surface area contributed by atoms with Crippen LogP contribution in [0, 0.1) is 0 Å². The lowest BCUT2D eigenvalue weighted by atomic mass is 9.86. The fourth-order valence-electron chi connectivity index (χ4n) is 3.87. The van der Waals surface area contributed by atoms with Crippen LogP contribution in [0.15, 0.2) is 77.7 Å². The van der Waals surface area contributed by atoms with E-state index in [-0.39, 0.29) is 16.9 Å². The Balaban J connectivity index is 1.73. The normalized spacial score (nSPS) is 15.7. The van der Waals surface area contributed by atoms with Gasteiger partial charge >= 0.3 is 0 Å². The number of sulfonamides is 1. The third-order valence-electron chi connectivity index (χ3n) is 5.76. The molecule has 1 aliphatic rings. The number of ether oxygens (including phenoxy) is 2. The molecule has 1 heterocycles. The van der Waals surface area contributed by atoms with Crippen LogP contribution in [0.2, 0.25) is 0 Å². The van der Waals surface area contributed by atoms with Crippen LogP contribution in [-0.2, 0) is 20.2 Å². The second-order valence-corrected chi connectivity index (χ2v) is 11.2. The molecular formula is C27H30N2O5S. The molecule has 0 bridgehead atoms. The van der Waals surface area contributed by atoms with E-state index in [1.54, 1.807) is 54.6 Å². The number of amides is 1. The van der Waals surface area contributed by atoms with Gasteiger partial charge in [0.25, 0.3) is 15.9 Å². The van der Waals surface area contributed by atoms with Gasteiger partial charge in [0.15, 0.2) is 6.10 Å². The van der Waals surface area contributed by atoms with Gasteiger partial charge in [0.2, 0.25) is 0 Å². The lowest BCUT2D eigenvalue weighted by Gasteiger charge is -2.36. The van der Waals surface area contributed by atoms with Gasteiger partial charge < -0.3 is 14.8 Å². The van der Waals surface area contributed by atoms with Gasteiger partial charge in [-0.2, -0.15) is 0 Å². The molecule has 3 aromatic carbocycles. The van der Waals surface area contributed by atoms with Crippen molar-refractivity contribution in [1.29, 1.82) is 0 Å². The van der Waals surface area contributed by atoms with Crippen LogP contribution in [0.3, 0.4) is 0 Å². The minimum atomic E-state index is -3.95. The van der Waals surface area contributed by atoms with E-state index in [2.05, 4.69) is 26.1 Å². The number of benzene rings is 3. The molecule has 1 atom stereocenters. The first-order valence-electron chi connectivity index (χ1n) is 11.5. The summed E-state index contributed by atoms with van der Waals surface area (Å²) >= 11 is 0. The van der Waals surface area contributed by atoms with Crippen molar-refractivity contribution in [3.8, 4) is 11.5 Å². The van der Waals surface area contributed by atoms with Gasteiger partial charge in [0, 0.05) is 0 Å². The predicted octanol–water partition coefficient (Wildman–Crippen LogP) is 4.98. The molecule has 1 unspecified atom stereocenters. The van der Waals surface area contributed by atoms with Crippen LogP contribution < -0.4 is 19.1 Å². The number of rotatable bonds is 6. The quantitative estimate of drug-likeness (QED) is 0.523. The van der Waals surface area contributed by atoms with Crippen molar-refractivity contribution in [3.63, 3.8) is 0 Å². The number of fused-ring (bicyclic) bond motifs is 1. The first-order valence-corrected chi connectivity index (χ1v) is 13.0. The van der Waals surface area contributed by atoms with E-state index in [1.807, 2.05) is 25.1 Å². The summed E-state index contributed by atoms with van der Waals surface area (Å²) in [5, 5.41) is 2.83. The highest BCUT2D eigenvalue weighted by molar-refractivity contribution is 7.92. The van der Waals surface area contributed by atoms with Crippen molar-refractivity contribution in [3.05, 3.63) is 78.4 Å². The number of anilines is 2. The molecule has 1 amide bonds. The molecule has 0 radical (unpaired) electrons. The molecule has 184 valence electrons. The molecule has 35 heavy (non-hydrogen) atoms. The number of nitrogens with one attached hydrogen (secondary N) is 1. The highest BCUT2D eigenvalue weighted by Crippen LogP contribution is 2.40. The zero-order valence-corrected chi connectivity index (χ0v) is 21.1. The molecule has 8 heteroatoms. The molecule has 7 nitrogen and oxygen atoms in total. The summed E-state index contributed by atoms with van der Waals surface area (Å²) < 4.78 is 40.3. The first-order chi connectivity index (χ1) is 16.6. The van der Waals surface area contributed by atoms with E-state index in [0.717, 1.165) is 5.56 Å². The van der Waals surface area contributed by atoms with Crippen molar-refractivity contribution in [1.82, 2.24) is 0 Å². The maximum Gasteiger partial charge on any atom is 0.267 e.